The van der Waals surface area contributed by atoms with Crippen LogP contribution >= 0.6 is 0 Å². The van der Waals surface area contributed by atoms with Crippen LogP contribution in [0.5, 0.6) is 5.75 Å². The van der Waals surface area contributed by atoms with Gasteiger partial charge in [0.25, 0.3) is 0 Å². The first-order chi connectivity index (χ1) is 13.5. The molecule has 28 heavy (non-hydrogen) atoms. The molecule has 1 amide bonds. The van der Waals surface area contributed by atoms with Crippen LogP contribution in [0.1, 0.15) is 23.8 Å². The number of rotatable bonds is 5. The zero-order valence-corrected chi connectivity index (χ0v) is 15.6. The van der Waals surface area contributed by atoms with Crippen LogP contribution in [0, 0.1) is 5.92 Å². The zero-order chi connectivity index (χ0) is 19.7. The van der Waals surface area contributed by atoms with E-state index in [4.69, 9.17) is 11.5 Å². The fraction of sp³-hybridized carbons (Fsp3) is 0.421. The number of nitrogens with one attached hydrogen (secondary N) is 3. The van der Waals surface area contributed by atoms with Crippen molar-refractivity contribution in [2.24, 2.45) is 17.4 Å². The number of nitrogens with two attached hydrogens (primary N) is 2. The Kier molecular flexibility index (Phi) is 5.12. The van der Waals surface area contributed by atoms with Crippen LogP contribution in [0.2, 0.25) is 0 Å². The molecule has 8 N–H and O–H groups in total. The number of anilines is 1. The van der Waals surface area contributed by atoms with Gasteiger partial charge in [-0.25, -0.2) is 0 Å². The number of hydrogen-bond acceptors (Lipinski definition) is 7. The summed E-state index contributed by atoms with van der Waals surface area (Å²) < 4.78 is 2.01. The zero-order valence-electron chi connectivity index (χ0n) is 15.6. The lowest BCUT2D eigenvalue weighted by molar-refractivity contribution is -0.124. The number of hydrogen-bond donors (Lipinski definition) is 6. The van der Waals surface area contributed by atoms with E-state index < -0.39 is 0 Å². The van der Waals surface area contributed by atoms with Crippen LogP contribution in [0.4, 0.5) is 5.69 Å². The van der Waals surface area contributed by atoms with Crippen molar-refractivity contribution in [3.8, 4) is 5.75 Å². The summed E-state index contributed by atoms with van der Waals surface area (Å²) >= 11 is 0. The number of aromatic nitrogens is 1. The highest BCUT2D eigenvalue weighted by Crippen LogP contribution is 2.27. The molecule has 0 bridgehead atoms. The molecule has 1 aromatic heterocycles. The fourth-order valence-corrected chi connectivity index (χ4v) is 4.02. The van der Waals surface area contributed by atoms with Crippen LogP contribution in [-0.2, 0) is 11.3 Å². The van der Waals surface area contributed by atoms with E-state index in [2.05, 4.69) is 27.0 Å². The molecule has 1 saturated heterocycles. The number of phenols is 1. The molecule has 0 spiro atoms. The maximum absolute atomic E-state index is 11.7. The smallest absolute Gasteiger partial charge is 0.223 e. The first-order valence-electron chi connectivity index (χ1n) is 9.51. The summed E-state index contributed by atoms with van der Waals surface area (Å²) in [5.41, 5.74) is 17.9. The molecule has 2 aromatic rings. The van der Waals surface area contributed by atoms with Crippen molar-refractivity contribution >= 4 is 11.6 Å². The standard InChI is InChI=1S/C19H27N7O2/c20-16-5-6-25(10-15(16)18(21)28)9-12-4-7-26-17(12)19(22-11-23-26)24-13-2-1-3-14(27)8-13/h1-4,7-8,15-16,19,22-24,27H,5-6,9-11,20H2,(H2,21,28). The number of nitrogens with zero attached hydrogens (tertiary/aromatic N) is 2. The number of fused-ring (bicyclic) bond motifs is 1. The molecule has 2 aliphatic heterocycles. The highest BCUT2D eigenvalue weighted by molar-refractivity contribution is 5.77. The molecule has 0 radical (unpaired) electrons. The van der Waals surface area contributed by atoms with Gasteiger partial charge >= 0.3 is 0 Å². The van der Waals surface area contributed by atoms with Gasteiger partial charge in [-0.1, -0.05) is 6.07 Å². The van der Waals surface area contributed by atoms with Gasteiger partial charge in [-0.2, -0.15) is 0 Å². The number of phenolic OH excluding ortho intramolecular Hbond substituents is 1. The number of amides is 1. The number of piperidine rings is 1. The summed E-state index contributed by atoms with van der Waals surface area (Å²) in [4.78, 5) is 13.9. The van der Waals surface area contributed by atoms with Crippen molar-refractivity contribution in [3.63, 3.8) is 0 Å². The third-order valence-corrected chi connectivity index (χ3v) is 5.51. The predicted molar refractivity (Wildman–Crippen MR) is 107 cm³/mol. The fourth-order valence-electron chi connectivity index (χ4n) is 4.02. The number of carbonyl (C=O) groups excluding carboxylic acids is 1. The van der Waals surface area contributed by atoms with Gasteiger partial charge in [0, 0.05) is 43.6 Å². The third kappa shape index (κ3) is 3.77. The number of primary amides is 1. The molecule has 0 aliphatic carbocycles. The van der Waals surface area contributed by atoms with E-state index in [-0.39, 0.29) is 29.8 Å². The molecule has 150 valence electrons. The number of benzene rings is 1. The van der Waals surface area contributed by atoms with E-state index in [0.717, 1.165) is 29.9 Å². The Morgan fingerprint density at radius 1 is 1.36 bits per heavy atom. The van der Waals surface area contributed by atoms with Crippen molar-refractivity contribution in [2.75, 3.05) is 30.5 Å². The van der Waals surface area contributed by atoms with E-state index >= 15 is 0 Å². The van der Waals surface area contributed by atoms with Crippen LogP contribution in [0.25, 0.3) is 0 Å². The van der Waals surface area contributed by atoms with Gasteiger partial charge in [-0.15, -0.1) is 0 Å². The maximum Gasteiger partial charge on any atom is 0.223 e. The lowest BCUT2D eigenvalue weighted by atomic mass is 9.92. The second-order valence-electron chi connectivity index (χ2n) is 7.46. The van der Waals surface area contributed by atoms with Crippen LogP contribution < -0.4 is 27.5 Å². The summed E-state index contributed by atoms with van der Waals surface area (Å²) in [5, 5.41) is 16.6. The molecule has 0 saturated carbocycles. The summed E-state index contributed by atoms with van der Waals surface area (Å²) in [6.45, 7) is 2.73. The first kappa shape index (κ1) is 18.6. The second-order valence-corrected chi connectivity index (χ2v) is 7.46. The van der Waals surface area contributed by atoms with E-state index in [9.17, 15) is 9.90 Å². The monoisotopic (exact) mass is 385 g/mol. The van der Waals surface area contributed by atoms with Gasteiger partial charge in [0.1, 0.15) is 11.9 Å². The molecule has 9 nitrogen and oxygen atoms in total. The van der Waals surface area contributed by atoms with Crippen molar-refractivity contribution in [2.45, 2.75) is 25.2 Å². The first-order valence-corrected chi connectivity index (χ1v) is 9.51. The van der Waals surface area contributed by atoms with Gasteiger partial charge in [0.15, 0.2) is 0 Å². The van der Waals surface area contributed by atoms with Gasteiger partial charge < -0.3 is 27.3 Å². The minimum Gasteiger partial charge on any atom is -0.508 e. The molecule has 1 aromatic carbocycles. The Morgan fingerprint density at radius 3 is 3.00 bits per heavy atom. The van der Waals surface area contributed by atoms with Gasteiger partial charge in [-0.3, -0.25) is 19.7 Å². The van der Waals surface area contributed by atoms with Crippen molar-refractivity contribution in [3.05, 3.63) is 47.8 Å². The van der Waals surface area contributed by atoms with E-state index in [1.807, 2.05) is 16.9 Å². The van der Waals surface area contributed by atoms with Crippen LogP contribution in [0.3, 0.4) is 0 Å². The summed E-state index contributed by atoms with van der Waals surface area (Å²) in [6, 6.07) is 8.98. The van der Waals surface area contributed by atoms with Gasteiger partial charge in [0.2, 0.25) is 5.91 Å². The molecule has 1 fully saturated rings. The Hall–Kier alpha value is -2.75. The molecule has 4 rings (SSSR count). The quantitative estimate of drug-likeness (QED) is 0.428. The SMILES string of the molecule is NC(=O)C1CN(Cc2ccn3c2C(Nc2cccc(O)c2)NCN3)CCC1N. The molecular formula is C19H27N7O2. The molecular weight excluding hydrogens is 358 g/mol. The molecule has 3 heterocycles. The van der Waals surface area contributed by atoms with Crippen LogP contribution in [0.15, 0.2) is 36.5 Å². The largest absolute Gasteiger partial charge is 0.508 e. The van der Waals surface area contributed by atoms with E-state index in [1.165, 1.54) is 0 Å². The number of carbonyl (C=O) groups is 1. The second kappa shape index (κ2) is 7.70. The van der Waals surface area contributed by atoms with Gasteiger partial charge in [0.05, 0.1) is 18.3 Å². The molecule has 3 unspecified atom stereocenters. The normalized spacial score (nSPS) is 25.0. The highest BCUT2D eigenvalue weighted by atomic mass is 16.3. The minimum atomic E-state index is -0.331. The predicted octanol–water partition coefficient (Wildman–Crippen LogP) is 0.0431. The van der Waals surface area contributed by atoms with Crippen molar-refractivity contribution in [1.82, 2.24) is 14.9 Å². The molecule has 9 heteroatoms. The average Bonchev–Trinajstić information content (AvgIpc) is 3.07. The topological polar surface area (TPSA) is 134 Å². The lowest BCUT2D eigenvalue weighted by Crippen LogP contribution is -2.51. The lowest BCUT2D eigenvalue weighted by Gasteiger charge is -2.36. The van der Waals surface area contributed by atoms with Crippen molar-refractivity contribution < 1.29 is 9.90 Å². The average molecular weight is 385 g/mol. The maximum atomic E-state index is 11.7. The summed E-state index contributed by atoms with van der Waals surface area (Å²) in [7, 11) is 0. The highest BCUT2D eigenvalue weighted by Gasteiger charge is 2.32. The van der Waals surface area contributed by atoms with E-state index in [1.54, 1.807) is 18.2 Å². The van der Waals surface area contributed by atoms with E-state index in [0.29, 0.717) is 19.8 Å². The minimum absolute atomic E-state index is 0.118. The Bertz CT molecular complexity index is 853. The van der Waals surface area contributed by atoms with Gasteiger partial charge in [-0.05, 0) is 30.2 Å². The Morgan fingerprint density at radius 2 is 2.21 bits per heavy atom. The number of aromatic hydroxyl groups is 1. The summed E-state index contributed by atoms with van der Waals surface area (Å²) in [5.74, 6) is -0.427. The van der Waals surface area contributed by atoms with Crippen molar-refractivity contribution in [1.29, 1.82) is 0 Å². The molecule has 2 aliphatic rings. The Labute approximate surface area is 163 Å². The summed E-state index contributed by atoms with van der Waals surface area (Å²) in [6.07, 6.45) is 2.64. The van der Waals surface area contributed by atoms with Crippen LogP contribution in [-0.4, -0.2) is 46.4 Å². The third-order valence-electron chi connectivity index (χ3n) is 5.51. The molecule has 3 atom stereocenters. The Balaban J connectivity index is 1.52. The number of likely N-dealkylation sites (tertiary alicyclic amines) is 1.